The van der Waals surface area contributed by atoms with Crippen LogP contribution in [0.4, 0.5) is 0 Å². The van der Waals surface area contributed by atoms with Crippen molar-refractivity contribution in [3.63, 3.8) is 0 Å². The van der Waals surface area contributed by atoms with Crippen LogP contribution in [0.1, 0.15) is 35.2 Å². The first-order valence-corrected chi connectivity index (χ1v) is 9.45. The minimum Gasteiger partial charge on any atom is -0.356 e. The molecular formula is C19H27IN4OS. The number of thiophene rings is 1. The van der Waals surface area contributed by atoms with E-state index in [2.05, 4.69) is 44.7 Å². The number of amides is 1. The molecule has 2 aromatic rings. The standard InChI is InChI=1S/C19H26N4OS.HI/c1-15(17-9-12-25-14-17)13-23-19(20-2)22-11-6-10-21-18(24)16-7-4-3-5-8-16;/h3-5,7-9,12,14-15H,6,10-11,13H2,1-2H3,(H,21,24)(H2,20,22,23);1H. The number of hydrogen-bond acceptors (Lipinski definition) is 3. The summed E-state index contributed by atoms with van der Waals surface area (Å²) >= 11 is 1.72. The molecule has 5 nitrogen and oxygen atoms in total. The second-order valence-corrected chi connectivity index (χ2v) is 6.59. The van der Waals surface area contributed by atoms with Crippen LogP contribution in [-0.2, 0) is 0 Å². The minimum atomic E-state index is -0.0345. The van der Waals surface area contributed by atoms with Gasteiger partial charge in [0.15, 0.2) is 5.96 Å². The molecular weight excluding hydrogens is 459 g/mol. The highest BCUT2D eigenvalue weighted by Gasteiger charge is 2.07. The summed E-state index contributed by atoms with van der Waals surface area (Å²) < 4.78 is 0. The van der Waals surface area contributed by atoms with Crippen molar-refractivity contribution in [2.24, 2.45) is 4.99 Å². The van der Waals surface area contributed by atoms with Crippen molar-refractivity contribution in [2.45, 2.75) is 19.3 Å². The fourth-order valence-electron chi connectivity index (χ4n) is 2.33. The monoisotopic (exact) mass is 486 g/mol. The van der Waals surface area contributed by atoms with Gasteiger partial charge in [-0.25, -0.2) is 0 Å². The third kappa shape index (κ3) is 7.74. The van der Waals surface area contributed by atoms with E-state index in [9.17, 15) is 4.79 Å². The molecule has 0 saturated heterocycles. The third-order valence-corrected chi connectivity index (χ3v) is 4.58. The van der Waals surface area contributed by atoms with E-state index in [1.165, 1.54) is 5.56 Å². The molecule has 0 bridgehead atoms. The summed E-state index contributed by atoms with van der Waals surface area (Å²) in [6.45, 7) is 4.41. The predicted molar refractivity (Wildman–Crippen MR) is 121 cm³/mol. The van der Waals surface area contributed by atoms with Gasteiger partial charge in [-0.2, -0.15) is 11.3 Å². The SMILES string of the molecule is CN=C(NCCCNC(=O)c1ccccc1)NCC(C)c1ccsc1.I. The summed E-state index contributed by atoms with van der Waals surface area (Å²) in [7, 11) is 1.77. The summed E-state index contributed by atoms with van der Waals surface area (Å²) in [6.07, 6.45) is 0.833. The molecule has 1 amide bonds. The minimum absolute atomic E-state index is 0. The number of rotatable bonds is 8. The Morgan fingerprint density at radius 2 is 1.85 bits per heavy atom. The lowest BCUT2D eigenvalue weighted by Crippen LogP contribution is -2.40. The van der Waals surface area contributed by atoms with Gasteiger partial charge >= 0.3 is 0 Å². The van der Waals surface area contributed by atoms with Crippen LogP contribution < -0.4 is 16.0 Å². The molecule has 1 atom stereocenters. The summed E-state index contributed by atoms with van der Waals surface area (Å²) in [5.74, 6) is 1.19. The molecule has 3 N–H and O–H groups in total. The molecule has 0 fully saturated rings. The highest BCUT2D eigenvalue weighted by atomic mass is 127. The summed E-state index contributed by atoms with van der Waals surface area (Å²) in [5.41, 5.74) is 2.03. The van der Waals surface area contributed by atoms with E-state index >= 15 is 0 Å². The maximum Gasteiger partial charge on any atom is 0.251 e. The number of nitrogens with zero attached hydrogens (tertiary/aromatic N) is 1. The Balaban J connectivity index is 0.00000338. The van der Waals surface area contributed by atoms with Gasteiger partial charge in [0.25, 0.3) is 5.91 Å². The van der Waals surface area contributed by atoms with Crippen LogP contribution in [0.15, 0.2) is 52.2 Å². The highest BCUT2D eigenvalue weighted by Crippen LogP contribution is 2.16. The number of halogens is 1. The van der Waals surface area contributed by atoms with Crippen LogP contribution >= 0.6 is 35.3 Å². The molecule has 1 heterocycles. The van der Waals surface area contributed by atoms with Gasteiger partial charge in [-0.05, 0) is 46.9 Å². The van der Waals surface area contributed by atoms with Gasteiger partial charge in [-0.15, -0.1) is 24.0 Å². The largest absolute Gasteiger partial charge is 0.356 e. The Hall–Kier alpha value is -1.61. The van der Waals surface area contributed by atoms with E-state index in [-0.39, 0.29) is 29.9 Å². The smallest absolute Gasteiger partial charge is 0.251 e. The van der Waals surface area contributed by atoms with Gasteiger partial charge in [0, 0.05) is 32.2 Å². The number of benzene rings is 1. The van der Waals surface area contributed by atoms with E-state index < -0.39 is 0 Å². The summed E-state index contributed by atoms with van der Waals surface area (Å²) in [4.78, 5) is 16.2. The number of aliphatic imine (C=N–C) groups is 1. The normalized spacial score (nSPS) is 12.0. The lowest BCUT2D eigenvalue weighted by atomic mass is 10.1. The Morgan fingerprint density at radius 3 is 2.50 bits per heavy atom. The topological polar surface area (TPSA) is 65.5 Å². The van der Waals surface area contributed by atoms with Gasteiger partial charge in [0.05, 0.1) is 0 Å². The zero-order valence-electron chi connectivity index (χ0n) is 15.2. The van der Waals surface area contributed by atoms with Crippen molar-refractivity contribution >= 4 is 47.2 Å². The molecule has 0 spiro atoms. The van der Waals surface area contributed by atoms with Crippen molar-refractivity contribution in [3.8, 4) is 0 Å². The molecule has 1 aromatic carbocycles. The fraction of sp³-hybridized carbons (Fsp3) is 0.368. The molecule has 142 valence electrons. The lowest BCUT2D eigenvalue weighted by Gasteiger charge is -2.15. The van der Waals surface area contributed by atoms with Gasteiger partial charge in [0.2, 0.25) is 0 Å². The Kier molecular flexibility index (Phi) is 11.0. The first kappa shape index (κ1) is 22.4. The molecule has 26 heavy (non-hydrogen) atoms. The molecule has 0 aliphatic carbocycles. The van der Waals surface area contributed by atoms with Crippen LogP contribution in [0, 0.1) is 0 Å². The number of carbonyl (C=O) groups is 1. The molecule has 1 unspecified atom stereocenters. The highest BCUT2D eigenvalue weighted by molar-refractivity contribution is 14.0. The molecule has 0 radical (unpaired) electrons. The third-order valence-electron chi connectivity index (χ3n) is 3.88. The number of carbonyl (C=O) groups excluding carboxylic acids is 1. The van der Waals surface area contributed by atoms with Gasteiger partial charge in [-0.3, -0.25) is 9.79 Å². The van der Waals surface area contributed by atoms with Crippen molar-refractivity contribution in [1.82, 2.24) is 16.0 Å². The lowest BCUT2D eigenvalue weighted by molar-refractivity contribution is 0.0953. The van der Waals surface area contributed by atoms with Gasteiger partial charge < -0.3 is 16.0 Å². The van der Waals surface area contributed by atoms with Crippen LogP contribution in [-0.4, -0.2) is 38.5 Å². The van der Waals surface area contributed by atoms with Crippen LogP contribution in [0.5, 0.6) is 0 Å². The van der Waals surface area contributed by atoms with E-state index in [1.807, 2.05) is 30.3 Å². The van der Waals surface area contributed by atoms with Crippen molar-refractivity contribution in [1.29, 1.82) is 0 Å². The number of guanidine groups is 1. The first-order chi connectivity index (χ1) is 12.2. The van der Waals surface area contributed by atoms with Gasteiger partial charge in [0.1, 0.15) is 0 Å². The van der Waals surface area contributed by atoms with Crippen LogP contribution in [0.3, 0.4) is 0 Å². The first-order valence-electron chi connectivity index (χ1n) is 8.50. The molecule has 0 saturated carbocycles. The molecule has 1 aromatic heterocycles. The van der Waals surface area contributed by atoms with E-state index in [0.29, 0.717) is 18.0 Å². The summed E-state index contributed by atoms with van der Waals surface area (Å²) in [6, 6.07) is 11.4. The molecule has 0 aliphatic heterocycles. The Labute approximate surface area is 176 Å². The molecule has 2 rings (SSSR count). The number of nitrogens with one attached hydrogen (secondary N) is 3. The zero-order valence-corrected chi connectivity index (χ0v) is 18.3. The summed E-state index contributed by atoms with van der Waals surface area (Å²) in [5, 5.41) is 13.8. The van der Waals surface area contributed by atoms with Crippen LogP contribution in [0.2, 0.25) is 0 Å². The van der Waals surface area contributed by atoms with Gasteiger partial charge in [-0.1, -0.05) is 25.1 Å². The second-order valence-electron chi connectivity index (χ2n) is 5.81. The average Bonchev–Trinajstić information content (AvgIpc) is 3.19. The van der Waals surface area contributed by atoms with Crippen molar-refractivity contribution in [2.75, 3.05) is 26.7 Å². The second kappa shape index (κ2) is 12.7. The van der Waals surface area contributed by atoms with E-state index in [4.69, 9.17) is 0 Å². The maximum atomic E-state index is 11.9. The number of hydrogen-bond donors (Lipinski definition) is 3. The predicted octanol–water partition coefficient (Wildman–Crippen LogP) is 3.45. The van der Waals surface area contributed by atoms with E-state index in [1.54, 1.807) is 18.4 Å². The van der Waals surface area contributed by atoms with E-state index in [0.717, 1.165) is 25.5 Å². The Morgan fingerprint density at radius 1 is 1.12 bits per heavy atom. The van der Waals surface area contributed by atoms with Crippen LogP contribution in [0.25, 0.3) is 0 Å². The quantitative estimate of drug-likeness (QED) is 0.232. The molecule has 0 aliphatic rings. The maximum absolute atomic E-state index is 11.9. The zero-order chi connectivity index (χ0) is 17.9. The van der Waals surface area contributed by atoms with Crippen molar-refractivity contribution in [3.05, 3.63) is 58.3 Å². The van der Waals surface area contributed by atoms with Crippen molar-refractivity contribution < 1.29 is 4.79 Å². The molecule has 7 heteroatoms. The average molecular weight is 486 g/mol. The Bertz CT molecular complexity index is 661. The fourth-order valence-corrected chi connectivity index (χ4v) is 3.11.